The maximum atomic E-state index is 13.4. The Morgan fingerprint density at radius 2 is 1.73 bits per heavy atom. The molecule has 0 aliphatic rings. The van der Waals surface area contributed by atoms with E-state index in [4.69, 9.17) is 0 Å². The quantitative estimate of drug-likeness (QED) is 0.173. The summed E-state index contributed by atoms with van der Waals surface area (Å²) in [5, 5.41) is 34.3. The van der Waals surface area contributed by atoms with Gasteiger partial charge in [-0.2, -0.15) is 0 Å². The number of allylic oxidation sites excluding steroid dienone is 4. The number of amides is 1. The molecule has 6 nitrogen and oxygen atoms in total. The largest absolute Gasteiger partial charge is 0.508 e. The summed E-state index contributed by atoms with van der Waals surface area (Å²) in [6.07, 6.45) is 9.44. The fourth-order valence-electron chi connectivity index (χ4n) is 4.21. The second-order valence-corrected chi connectivity index (χ2v) is 9.84. The van der Waals surface area contributed by atoms with Crippen LogP contribution in [0.15, 0.2) is 59.7 Å². The summed E-state index contributed by atoms with van der Waals surface area (Å²) < 4.78 is 0. The van der Waals surface area contributed by atoms with Crippen molar-refractivity contribution in [3.05, 3.63) is 82.0 Å². The third-order valence-corrected chi connectivity index (χ3v) is 6.37. The summed E-state index contributed by atoms with van der Waals surface area (Å²) >= 11 is 0. The molecule has 6 heteroatoms. The molecule has 0 bridgehead atoms. The smallest absolute Gasteiger partial charge is 0.326 e. The average Bonchev–Trinajstić information content (AvgIpc) is 2.83. The number of aryl methyl sites for hydroxylation is 1. The van der Waals surface area contributed by atoms with Crippen LogP contribution in [0.4, 0.5) is 0 Å². The van der Waals surface area contributed by atoms with Gasteiger partial charge < -0.3 is 20.6 Å². The van der Waals surface area contributed by atoms with Gasteiger partial charge in [0.15, 0.2) is 0 Å². The van der Waals surface area contributed by atoms with Gasteiger partial charge in [-0.25, -0.2) is 4.79 Å². The number of hydrogen-bond acceptors (Lipinski definition) is 4. The minimum Gasteiger partial charge on any atom is -0.508 e. The van der Waals surface area contributed by atoms with Gasteiger partial charge in [-0.15, -0.1) is 0 Å². The van der Waals surface area contributed by atoms with E-state index in [1.165, 1.54) is 5.57 Å². The highest BCUT2D eigenvalue weighted by atomic mass is 16.4. The van der Waals surface area contributed by atoms with E-state index in [0.717, 1.165) is 43.2 Å². The Hall–Kier alpha value is -3.54. The lowest BCUT2D eigenvalue weighted by Gasteiger charge is -2.19. The molecule has 0 radical (unpaired) electrons. The molecule has 0 aliphatic heterocycles. The zero-order chi connectivity index (χ0) is 27.4. The second kappa shape index (κ2) is 14.9. The maximum absolute atomic E-state index is 13.4. The van der Waals surface area contributed by atoms with Gasteiger partial charge in [-0.05, 0) is 70.1 Å². The van der Waals surface area contributed by atoms with Crippen molar-refractivity contribution in [2.24, 2.45) is 0 Å². The van der Waals surface area contributed by atoms with E-state index in [1.54, 1.807) is 18.2 Å². The van der Waals surface area contributed by atoms with Crippen LogP contribution in [0.3, 0.4) is 0 Å². The van der Waals surface area contributed by atoms with E-state index in [2.05, 4.69) is 32.2 Å². The summed E-state index contributed by atoms with van der Waals surface area (Å²) in [5.74, 6) is -2.16. The Morgan fingerprint density at radius 3 is 2.35 bits per heavy atom. The van der Waals surface area contributed by atoms with Crippen LogP contribution in [-0.4, -0.2) is 33.2 Å². The molecule has 0 fully saturated rings. The highest BCUT2D eigenvalue weighted by Gasteiger charge is 2.27. The predicted molar refractivity (Wildman–Crippen MR) is 148 cm³/mol. The van der Waals surface area contributed by atoms with Gasteiger partial charge >= 0.3 is 5.97 Å². The van der Waals surface area contributed by atoms with Crippen molar-refractivity contribution >= 4 is 11.9 Å². The van der Waals surface area contributed by atoms with E-state index in [9.17, 15) is 24.9 Å². The van der Waals surface area contributed by atoms with Crippen LogP contribution in [0.1, 0.15) is 86.8 Å². The Kier molecular flexibility index (Phi) is 11.9. The molecule has 1 amide bonds. The lowest BCUT2D eigenvalue weighted by molar-refractivity contribution is -0.139. The number of carboxylic acids is 1. The first kappa shape index (κ1) is 29.7. The summed E-state index contributed by atoms with van der Waals surface area (Å²) in [5.41, 5.74) is 3.97. The first-order valence-corrected chi connectivity index (χ1v) is 13.1. The van der Waals surface area contributed by atoms with Crippen molar-refractivity contribution in [3.63, 3.8) is 0 Å². The molecular formula is C31H41NO5. The number of carbonyl (C=O) groups excluding carboxylic acids is 1. The van der Waals surface area contributed by atoms with Crippen LogP contribution >= 0.6 is 0 Å². The number of hydrogen-bond donors (Lipinski definition) is 4. The number of carbonyl (C=O) groups is 2. The van der Waals surface area contributed by atoms with Crippen LogP contribution in [0.2, 0.25) is 0 Å². The van der Waals surface area contributed by atoms with Crippen molar-refractivity contribution in [1.82, 2.24) is 5.32 Å². The molecule has 0 aliphatic carbocycles. The van der Waals surface area contributed by atoms with Crippen LogP contribution in [-0.2, 0) is 24.1 Å². The van der Waals surface area contributed by atoms with Crippen LogP contribution in [0.25, 0.3) is 0 Å². The van der Waals surface area contributed by atoms with Crippen molar-refractivity contribution in [2.45, 2.75) is 85.1 Å². The summed E-state index contributed by atoms with van der Waals surface area (Å²) in [6.45, 7) is 8.18. The Morgan fingerprint density at radius 1 is 1.03 bits per heavy atom. The van der Waals surface area contributed by atoms with Gasteiger partial charge in [0.2, 0.25) is 0 Å². The number of carboxylic acid groups (broad SMARTS) is 1. The second-order valence-electron chi connectivity index (χ2n) is 9.84. The van der Waals surface area contributed by atoms with Crippen molar-refractivity contribution in [3.8, 4) is 11.5 Å². The van der Waals surface area contributed by atoms with Crippen LogP contribution in [0.5, 0.6) is 11.5 Å². The number of rotatable bonds is 14. The summed E-state index contributed by atoms with van der Waals surface area (Å²) in [6, 6.07) is 9.46. The third kappa shape index (κ3) is 9.45. The normalized spacial score (nSPS) is 12.2. The molecule has 0 unspecified atom stereocenters. The Labute approximate surface area is 220 Å². The number of aliphatic carboxylic acids is 1. The molecule has 4 N–H and O–H groups in total. The zero-order valence-corrected chi connectivity index (χ0v) is 22.5. The number of phenols is 2. The first-order chi connectivity index (χ1) is 17.6. The van der Waals surface area contributed by atoms with Crippen LogP contribution < -0.4 is 5.32 Å². The Bertz CT molecular complexity index is 1110. The molecule has 0 spiro atoms. The molecule has 2 rings (SSSR count). The van der Waals surface area contributed by atoms with E-state index in [-0.39, 0.29) is 35.5 Å². The van der Waals surface area contributed by atoms with E-state index in [0.29, 0.717) is 12.0 Å². The molecule has 1 atom stereocenters. The summed E-state index contributed by atoms with van der Waals surface area (Å²) in [4.78, 5) is 25.3. The number of unbranched alkanes of at least 4 members (excludes halogenated alkanes) is 2. The standard InChI is InChI=1S/C31H41NO5/c1-5-6-8-16-24-20-27(33)25(18-17-22(4)13-11-12-21(2)3)29(34)28(24)30(35)32-26(31(36)37)19-23-14-9-7-10-15-23/h7,9-10,12,14-15,17,20,26,33-34H,5-6,8,11,13,16,18-19H2,1-4H3,(H,32,35)(H,36,37)/t26-/m0/s1. The molecule has 2 aromatic carbocycles. The SMILES string of the molecule is CCCCCc1cc(O)c(CC=C(C)CCC=C(C)C)c(O)c1C(=O)N[C@@H](Cc1ccccc1)C(=O)O. The van der Waals surface area contributed by atoms with E-state index < -0.39 is 17.9 Å². The highest BCUT2D eigenvalue weighted by molar-refractivity contribution is 6.01. The van der Waals surface area contributed by atoms with E-state index in [1.807, 2.05) is 31.2 Å². The molecule has 0 heterocycles. The van der Waals surface area contributed by atoms with Crippen molar-refractivity contribution in [2.75, 3.05) is 0 Å². The van der Waals surface area contributed by atoms with Crippen LogP contribution in [0, 0.1) is 0 Å². The minimum atomic E-state index is -1.16. The van der Waals surface area contributed by atoms with Gasteiger partial charge in [-0.1, -0.05) is 73.4 Å². The van der Waals surface area contributed by atoms with Gasteiger partial charge in [0.1, 0.15) is 17.5 Å². The van der Waals surface area contributed by atoms with Crippen molar-refractivity contribution < 1.29 is 24.9 Å². The van der Waals surface area contributed by atoms with E-state index >= 15 is 0 Å². The molecule has 37 heavy (non-hydrogen) atoms. The fraction of sp³-hybridized carbons (Fsp3) is 0.419. The average molecular weight is 508 g/mol. The number of phenolic OH excluding ortho intramolecular Hbond substituents is 2. The molecule has 0 saturated heterocycles. The highest BCUT2D eigenvalue weighted by Crippen LogP contribution is 2.35. The van der Waals surface area contributed by atoms with Crippen molar-refractivity contribution in [1.29, 1.82) is 0 Å². The molecule has 0 saturated carbocycles. The molecule has 0 aromatic heterocycles. The topological polar surface area (TPSA) is 107 Å². The molecule has 2 aromatic rings. The number of nitrogens with one attached hydrogen (secondary N) is 1. The van der Waals surface area contributed by atoms with Gasteiger partial charge in [0.05, 0.1) is 5.56 Å². The Balaban J connectivity index is 2.37. The maximum Gasteiger partial charge on any atom is 0.326 e. The fourth-order valence-corrected chi connectivity index (χ4v) is 4.21. The lowest BCUT2D eigenvalue weighted by atomic mass is 9.94. The summed E-state index contributed by atoms with van der Waals surface area (Å²) in [7, 11) is 0. The van der Waals surface area contributed by atoms with Gasteiger partial charge in [-0.3, -0.25) is 4.79 Å². The zero-order valence-electron chi connectivity index (χ0n) is 22.5. The third-order valence-electron chi connectivity index (χ3n) is 6.37. The van der Waals surface area contributed by atoms with Gasteiger partial charge in [0.25, 0.3) is 5.91 Å². The number of benzene rings is 2. The number of aromatic hydroxyl groups is 2. The lowest BCUT2D eigenvalue weighted by Crippen LogP contribution is -2.42. The molecule has 200 valence electrons. The molecular weight excluding hydrogens is 466 g/mol. The van der Waals surface area contributed by atoms with Gasteiger partial charge in [0, 0.05) is 12.0 Å². The monoisotopic (exact) mass is 507 g/mol. The minimum absolute atomic E-state index is 0.0406. The first-order valence-electron chi connectivity index (χ1n) is 13.1. The predicted octanol–water partition coefficient (Wildman–Crippen LogP) is 6.49.